The number of nitrogens with zero attached hydrogens (tertiary/aromatic N) is 3. The Morgan fingerprint density at radius 2 is 1.69 bits per heavy atom. The van der Waals surface area contributed by atoms with E-state index in [1.165, 1.54) is 0 Å². The Morgan fingerprint density at radius 3 is 2.50 bits per heavy atom. The molecule has 2 fully saturated rings. The van der Waals surface area contributed by atoms with Gasteiger partial charge in [0.05, 0.1) is 5.69 Å². The number of rotatable bonds is 6. The highest BCUT2D eigenvalue weighted by atomic mass is 16.7. The molecular formula is C32H32N4O6. The number of carbonyl (C=O) groups is 3. The Kier molecular flexibility index (Phi) is 6.38. The first kappa shape index (κ1) is 26.5. The standard InChI is InChI=1S/C32H32N4O6/c1-2-20-6-9-24(10-7-20)36-30(39)32(29(38)33-31(36)40,14-21-8-11-26-27(13-21)42-19-41-26)18-34-15-22-12-23(17-34)25-4-3-5-28(37)35(25)16-22/h3-11,13,22-23H,2,12,14-19H2,1H3,(H,33,38,40)/t22-,23+,32+/m1/s1. The first-order valence-electron chi connectivity index (χ1n) is 14.4. The molecule has 1 aromatic heterocycles. The summed E-state index contributed by atoms with van der Waals surface area (Å²) in [6, 6.07) is 17.3. The number of ether oxygens (including phenoxy) is 2. The summed E-state index contributed by atoms with van der Waals surface area (Å²) in [7, 11) is 0. The Hall–Kier alpha value is -4.44. The lowest BCUT2D eigenvalue weighted by Gasteiger charge is -2.47. The van der Waals surface area contributed by atoms with Crippen molar-refractivity contribution in [3.05, 3.63) is 87.8 Å². The van der Waals surface area contributed by atoms with Crippen LogP contribution in [-0.4, -0.2) is 53.7 Å². The van der Waals surface area contributed by atoms with Crippen molar-refractivity contribution < 1.29 is 23.9 Å². The second-order valence-electron chi connectivity index (χ2n) is 11.8. The normalized spacial score (nSPS) is 24.9. The Bertz CT molecular complexity index is 1650. The third-order valence-corrected chi connectivity index (χ3v) is 9.07. The molecule has 5 heterocycles. The van der Waals surface area contributed by atoms with E-state index in [9.17, 15) is 19.2 Å². The molecule has 10 heteroatoms. The van der Waals surface area contributed by atoms with Gasteiger partial charge in [0.1, 0.15) is 5.41 Å². The molecule has 0 radical (unpaired) electrons. The number of benzene rings is 2. The lowest BCUT2D eigenvalue weighted by molar-refractivity contribution is -0.144. The van der Waals surface area contributed by atoms with Crippen molar-refractivity contribution >= 4 is 23.5 Å². The number of imide groups is 2. The van der Waals surface area contributed by atoms with E-state index in [0.29, 0.717) is 36.8 Å². The predicted molar refractivity (Wildman–Crippen MR) is 154 cm³/mol. The molecule has 4 aliphatic rings. The largest absolute Gasteiger partial charge is 0.454 e. The number of fused-ring (bicyclic) bond motifs is 5. The molecular weight excluding hydrogens is 536 g/mol. The van der Waals surface area contributed by atoms with Gasteiger partial charge in [-0.1, -0.05) is 31.2 Å². The summed E-state index contributed by atoms with van der Waals surface area (Å²) < 4.78 is 12.9. The number of pyridine rings is 1. The van der Waals surface area contributed by atoms with Crippen molar-refractivity contribution in [2.75, 3.05) is 31.3 Å². The highest BCUT2D eigenvalue weighted by Gasteiger charge is 2.56. The molecule has 2 aromatic carbocycles. The van der Waals surface area contributed by atoms with Gasteiger partial charge in [0.15, 0.2) is 11.5 Å². The van der Waals surface area contributed by atoms with Crippen molar-refractivity contribution in [2.24, 2.45) is 11.3 Å². The maximum atomic E-state index is 14.5. The van der Waals surface area contributed by atoms with Crippen molar-refractivity contribution in [1.29, 1.82) is 0 Å². The number of carbonyl (C=O) groups excluding carboxylic acids is 3. The van der Waals surface area contributed by atoms with E-state index in [2.05, 4.69) is 10.2 Å². The zero-order valence-electron chi connectivity index (χ0n) is 23.4. The molecule has 4 aliphatic heterocycles. The van der Waals surface area contributed by atoms with Crippen molar-refractivity contribution in [3.8, 4) is 11.5 Å². The van der Waals surface area contributed by atoms with E-state index in [0.717, 1.165) is 34.6 Å². The van der Waals surface area contributed by atoms with Gasteiger partial charge in [0, 0.05) is 43.9 Å². The minimum absolute atomic E-state index is 0.00000951. The highest BCUT2D eigenvalue weighted by molar-refractivity contribution is 6.30. The molecule has 0 saturated carbocycles. The molecule has 3 aromatic rings. The van der Waals surface area contributed by atoms with Crippen molar-refractivity contribution in [2.45, 2.75) is 38.6 Å². The molecule has 2 saturated heterocycles. The minimum Gasteiger partial charge on any atom is -0.454 e. The van der Waals surface area contributed by atoms with Crippen LogP contribution in [0.5, 0.6) is 11.5 Å². The van der Waals surface area contributed by atoms with Crippen LogP contribution in [-0.2, 0) is 29.0 Å². The van der Waals surface area contributed by atoms with Crippen LogP contribution in [0, 0.1) is 11.3 Å². The van der Waals surface area contributed by atoms with Gasteiger partial charge in [-0.15, -0.1) is 0 Å². The molecule has 0 spiro atoms. The van der Waals surface area contributed by atoms with Gasteiger partial charge in [-0.3, -0.25) is 19.7 Å². The van der Waals surface area contributed by atoms with Crippen LogP contribution >= 0.6 is 0 Å². The molecule has 0 unspecified atom stereocenters. The number of hydrogen-bond acceptors (Lipinski definition) is 7. The predicted octanol–water partition coefficient (Wildman–Crippen LogP) is 3.07. The molecule has 216 valence electrons. The van der Waals surface area contributed by atoms with E-state index in [1.54, 1.807) is 36.4 Å². The summed E-state index contributed by atoms with van der Waals surface area (Å²) in [4.78, 5) is 57.4. The monoisotopic (exact) mass is 568 g/mol. The van der Waals surface area contributed by atoms with E-state index in [1.807, 2.05) is 35.8 Å². The smallest absolute Gasteiger partial charge is 0.335 e. The zero-order valence-corrected chi connectivity index (χ0v) is 23.4. The lowest BCUT2D eigenvalue weighted by atomic mass is 9.75. The first-order valence-corrected chi connectivity index (χ1v) is 14.4. The molecule has 42 heavy (non-hydrogen) atoms. The third kappa shape index (κ3) is 4.37. The number of likely N-dealkylation sites (tertiary alicyclic amines) is 1. The van der Waals surface area contributed by atoms with Crippen molar-refractivity contribution in [1.82, 2.24) is 14.8 Å². The topological polar surface area (TPSA) is 110 Å². The average Bonchev–Trinajstić information content (AvgIpc) is 3.45. The van der Waals surface area contributed by atoms with Gasteiger partial charge in [-0.25, -0.2) is 9.69 Å². The first-order chi connectivity index (χ1) is 20.3. The van der Waals surface area contributed by atoms with Crippen LogP contribution in [0.3, 0.4) is 0 Å². The third-order valence-electron chi connectivity index (χ3n) is 9.07. The van der Waals surface area contributed by atoms with E-state index in [4.69, 9.17) is 9.47 Å². The number of amides is 4. The van der Waals surface area contributed by atoms with Gasteiger partial charge in [-0.2, -0.15) is 0 Å². The Balaban J connectivity index is 1.26. The van der Waals surface area contributed by atoms with Gasteiger partial charge in [0.2, 0.25) is 12.7 Å². The van der Waals surface area contributed by atoms with Crippen LogP contribution in [0.1, 0.15) is 36.1 Å². The maximum absolute atomic E-state index is 14.5. The second-order valence-corrected chi connectivity index (χ2v) is 11.8. The number of aryl methyl sites for hydroxylation is 1. The summed E-state index contributed by atoms with van der Waals surface area (Å²) in [5.74, 6) is 0.325. The molecule has 0 aliphatic carbocycles. The number of urea groups is 1. The van der Waals surface area contributed by atoms with Gasteiger partial charge in [0.25, 0.3) is 11.5 Å². The molecule has 10 nitrogen and oxygen atoms in total. The zero-order chi connectivity index (χ0) is 29.0. The summed E-state index contributed by atoms with van der Waals surface area (Å²) in [5.41, 5.74) is 1.63. The SMILES string of the molecule is CCc1ccc(N2C(=O)NC(=O)[C@](Cc3ccc4c(c3)OCO4)(CN3C[C@H]4C[C@@H](C3)c3cccc(=O)n3C4)C2=O)cc1. The number of nitrogens with one attached hydrogen (secondary N) is 1. The fourth-order valence-corrected chi connectivity index (χ4v) is 7.05. The molecule has 4 amide bonds. The highest BCUT2D eigenvalue weighted by Crippen LogP contribution is 2.40. The Morgan fingerprint density at radius 1 is 0.905 bits per heavy atom. The molecule has 7 rings (SSSR count). The number of anilines is 1. The van der Waals surface area contributed by atoms with Crippen LogP contribution in [0.2, 0.25) is 0 Å². The Labute approximate surface area is 242 Å². The fraction of sp³-hybridized carbons (Fsp3) is 0.375. The van der Waals surface area contributed by atoms with Crippen LogP contribution in [0.4, 0.5) is 10.5 Å². The van der Waals surface area contributed by atoms with Gasteiger partial charge in [-0.05, 0) is 66.6 Å². The number of aromatic nitrogens is 1. The minimum atomic E-state index is -1.58. The average molecular weight is 569 g/mol. The van der Waals surface area contributed by atoms with Crippen LogP contribution in [0.25, 0.3) is 0 Å². The fourth-order valence-electron chi connectivity index (χ4n) is 7.05. The molecule has 3 atom stereocenters. The van der Waals surface area contributed by atoms with E-state index < -0.39 is 23.3 Å². The molecule has 1 N–H and O–H groups in total. The summed E-state index contributed by atoms with van der Waals surface area (Å²) in [6.07, 6.45) is 1.84. The van der Waals surface area contributed by atoms with Gasteiger partial charge < -0.3 is 18.9 Å². The second kappa shape index (κ2) is 10.1. The van der Waals surface area contributed by atoms with Crippen molar-refractivity contribution in [3.63, 3.8) is 0 Å². The maximum Gasteiger partial charge on any atom is 0.335 e. The molecule has 2 bridgehead atoms. The van der Waals surface area contributed by atoms with E-state index >= 15 is 0 Å². The summed E-state index contributed by atoms with van der Waals surface area (Å²) >= 11 is 0. The van der Waals surface area contributed by atoms with E-state index in [-0.39, 0.29) is 37.2 Å². The number of hydrogen-bond donors (Lipinski definition) is 1. The number of piperidine rings is 1. The summed E-state index contributed by atoms with van der Waals surface area (Å²) in [6.45, 7) is 4.12. The van der Waals surface area contributed by atoms with Gasteiger partial charge >= 0.3 is 6.03 Å². The van der Waals surface area contributed by atoms with Crippen LogP contribution in [0.15, 0.2) is 65.5 Å². The lowest BCUT2D eigenvalue weighted by Crippen LogP contribution is -2.68. The quantitative estimate of drug-likeness (QED) is 0.455. The van der Waals surface area contributed by atoms with Crippen LogP contribution < -0.4 is 25.2 Å². The number of barbiturate groups is 1. The summed E-state index contributed by atoms with van der Waals surface area (Å²) in [5, 5.41) is 2.51.